The summed E-state index contributed by atoms with van der Waals surface area (Å²) < 4.78 is 0. The third-order valence-corrected chi connectivity index (χ3v) is 3.57. The zero-order chi connectivity index (χ0) is 15.4. The van der Waals surface area contributed by atoms with Gasteiger partial charge in [0.05, 0.1) is 11.0 Å². The predicted octanol–water partition coefficient (Wildman–Crippen LogP) is 0.899. The van der Waals surface area contributed by atoms with E-state index in [1.54, 1.807) is 0 Å². The summed E-state index contributed by atoms with van der Waals surface area (Å²) in [6.45, 7) is 1.31. The summed E-state index contributed by atoms with van der Waals surface area (Å²) >= 11 is 6.56. The molecule has 0 bridgehead atoms. The van der Waals surface area contributed by atoms with Gasteiger partial charge in [-0.2, -0.15) is 0 Å². The van der Waals surface area contributed by atoms with Crippen LogP contribution in [0.2, 0.25) is 5.15 Å². The number of aromatic nitrogens is 1. The molecule has 0 aliphatic heterocycles. The molecule has 0 aromatic carbocycles. The van der Waals surface area contributed by atoms with Gasteiger partial charge in [0.15, 0.2) is 5.12 Å². The Labute approximate surface area is 123 Å². The summed E-state index contributed by atoms with van der Waals surface area (Å²) in [7, 11) is 0. The van der Waals surface area contributed by atoms with Gasteiger partial charge in [-0.05, 0) is 0 Å². The first-order chi connectivity index (χ1) is 9.23. The molecular weight excluding hydrogens is 310 g/mol. The first-order valence-corrected chi connectivity index (χ1v) is 6.70. The van der Waals surface area contributed by atoms with Crippen LogP contribution in [0.1, 0.15) is 18.6 Å². The molecule has 0 radical (unpaired) electrons. The normalized spacial score (nSPS) is 13.8. The number of halogens is 1. The van der Waals surface area contributed by atoms with Gasteiger partial charge in [-0.25, -0.2) is 4.98 Å². The molecule has 2 unspecified atom stereocenters. The van der Waals surface area contributed by atoms with E-state index >= 15 is 0 Å². The highest BCUT2D eigenvalue weighted by Gasteiger charge is 2.26. The molecule has 110 valence electrons. The van der Waals surface area contributed by atoms with Crippen LogP contribution < -0.4 is 5.73 Å². The molecule has 20 heavy (non-hydrogen) atoms. The van der Waals surface area contributed by atoms with E-state index in [4.69, 9.17) is 17.3 Å². The van der Waals surface area contributed by atoms with Gasteiger partial charge >= 0.3 is 5.69 Å². The van der Waals surface area contributed by atoms with Crippen molar-refractivity contribution in [1.82, 2.24) is 4.98 Å². The minimum atomic E-state index is -1.51. The number of carbonyl (C=O) groups is 1. The van der Waals surface area contributed by atoms with Crippen LogP contribution in [0.15, 0.2) is 6.07 Å². The average Bonchev–Trinajstić information content (AvgIpc) is 2.34. The Kier molecular flexibility index (Phi) is 5.69. The Hall–Kier alpha value is -1.42. The number of nitrogen functional groups attached to an aromatic ring is 1. The molecule has 0 aliphatic rings. The van der Waals surface area contributed by atoms with Crippen molar-refractivity contribution in [2.75, 3.05) is 11.5 Å². The van der Waals surface area contributed by atoms with Gasteiger partial charge in [-0.3, -0.25) is 14.9 Å². The molecule has 0 aliphatic carbocycles. The van der Waals surface area contributed by atoms with Crippen molar-refractivity contribution in [2.24, 2.45) is 0 Å². The van der Waals surface area contributed by atoms with E-state index in [1.807, 2.05) is 0 Å². The lowest BCUT2D eigenvalue weighted by molar-refractivity contribution is -0.384. The number of thioether (sulfide) groups is 1. The van der Waals surface area contributed by atoms with Crippen molar-refractivity contribution in [1.29, 1.82) is 0 Å². The lowest BCUT2D eigenvalue weighted by Crippen LogP contribution is -2.22. The van der Waals surface area contributed by atoms with Crippen LogP contribution in [0.5, 0.6) is 0 Å². The fraction of sp³-hybridized carbons (Fsp3) is 0.400. The van der Waals surface area contributed by atoms with Crippen LogP contribution >= 0.6 is 23.4 Å². The second-order valence-electron chi connectivity index (χ2n) is 3.84. The van der Waals surface area contributed by atoms with E-state index in [0.717, 1.165) is 17.8 Å². The molecule has 1 heterocycles. The van der Waals surface area contributed by atoms with Gasteiger partial charge in [-0.1, -0.05) is 23.4 Å². The Morgan fingerprint density at radius 2 is 2.25 bits per heavy atom. The monoisotopic (exact) mass is 321 g/mol. The number of nitro groups is 1. The minimum absolute atomic E-state index is 0.0784. The molecule has 1 aromatic heterocycles. The fourth-order valence-corrected chi connectivity index (χ4v) is 2.21. The van der Waals surface area contributed by atoms with Gasteiger partial charge in [0.25, 0.3) is 0 Å². The highest BCUT2D eigenvalue weighted by atomic mass is 35.5. The highest BCUT2D eigenvalue weighted by Crippen LogP contribution is 2.31. The topological polar surface area (TPSA) is 140 Å². The highest BCUT2D eigenvalue weighted by molar-refractivity contribution is 8.13. The molecule has 0 saturated heterocycles. The molecule has 0 spiro atoms. The van der Waals surface area contributed by atoms with Gasteiger partial charge < -0.3 is 15.9 Å². The van der Waals surface area contributed by atoms with E-state index in [1.165, 1.54) is 6.92 Å². The lowest BCUT2D eigenvalue weighted by atomic mass is 10.1. The molecule has 0 saturated carbocycles. The molecule has 1 rings (SSSR count). The van der Waals surface area contributed by atoms with Gasteiger partial charge in [-0.15, -0.1) is 0 Å². The first-order valence-electron chi connectivity index (χ1n) is 5.33. The molecule has 0 fully saturated rings. The second kappa shape index (κ2) is 6.84. The van der Waals surface area contributed by atoms with Crippen molar-refractivity contribution < 1.29 is 19.9 Å². The van der Waals surface area contributed by atoms with Crippen molar-refractivity contribution in [2.45, 2.75) is 19.1 Å². The fourth-order valence-electron chi connectivity index (χ4n) is 1.36. The Bertz CT molecular complexity index is 542. The number of hydrogen-bond donors (Lipinski definition) is 3. The third-order valence-electron chi connectivity index (χ3n) is 2.35. The minimum Gasteiger partial charge on any atom is -0.389 e. The molecule has 0 amide bonds. The third kappa shape index (κ3) is 4.04. The summed E-state index contributed by atoms with van der Waals surface area (Å²) in [6, 6.07) is 0.955. The molecule has 2 atom stereocenters. The number of anilines is 1. The number of aliphatic hydroxyl groups is 2. The maximum Gasteiger partial charge on any atom is 0.311 e. The van der Waals surface area contributed by atoms with E-state index in [2.05, 4.69) is 4.98 Å². The molecule has 10 heteroatoms. The zero-order valence-corrected chi connectivity index (χ0v) is 11.9. The number of nitrogens with two attached hydrogens (primary N) is 1. The first kappa shape index (κ1) is 16.6. The summed E-state index contributed by atoms with van der Waals surface area (Å²) in [5.41, 5.74) is 4.70. The van der Waals surface area contributed by atoms with E-state index in [0.29, 0.717) is 0 Å². The van der Waals surface area contributed by atoms with Crippen LogP contribution in [0.3, 0.4) is 0 Å². The van der Waals surface area contributed by atoms with Crippen molar-refractivity contribution in [3.63, 3.8) is 0 Å². The van der Waals surface area contributed by atoms with Gasteiger partial charge in [0.1, 0.15) is 11.3 Å². The number of nitrogens with zero attached hydrogens (tertiary/aromatic N) is 2. The van der Waals surface area contributed by atoms with Crippen molar-refractivity contribution in [3.05, 3.63) is 26.9 Å². The van der Waals surface area contributed by atoms with Crippen LogP contribution in [-0.2, 0) is 4.79 Å². The molecule has 1 aromatic rings. The van der Waals surface area contributed by atoms with E-state index < -0.39 is 22.8 Å². The SMILES string of the molecule is CC(=O)SCC(O)C(O)c1cc([N+](=O)[O-])c(N)nc1Cl. The maximum absolute atomic E-state index is 10.8. The molecular formula is C10H12ClN3O5S. The Morgan fingerprint density at radius 1 is 1.65 bits per heavy atom. The number of pyridine rings is 1. The standard InChI is InChI=1S/C10H12ClN3O5S/c1-4(15)20-3-7(16)8(17)5-2-6(14(18)19)10(12)13-9(5)11/h2,7-8,16-17H,3H2,1H3,(H2,12,13). The smallest absolute Gasteiger partial charge is 0.311 e. The maximum atomic E-state index is 10.8. The Morgan fingerprint density at radius 3 is 2.75 bits per heavy atom. The van der Waals surface area contributed by atoms with Gasteiger partial charge in [0.2, 0.25) is 5.82 Å². The summed E-state index contributed by atoms with van der Waals surface area (Å²) in [5.74, 6) is -0.464. The zero-order valence-electron chi connectivity index (χ0n) is 10.3. The number of carbonyl (C=O) groups excluding carboxylic acids is 1. The average molecular weight is 322 g/mol. The summed E-state index contributed by atoms with van der Waals surface area (Å²) in [6.07, 6.45) is -2.84. The van der Waals surface area contributed by atoms with E-state index in [-0.39, 0.29) is 27.4 Å². The number of rotatable bonds is 5. The predicted molar refractivity (Wildman–Crippen MR) is 74.4 cm³/mol. The van der Waals surface area contributed by atoms with Crippen LogP contribution in [0.25, 0.3) is 0 Å². The van der Waals surface area contributed by atoms with Gasteiger partial charge in [0, 0.05) is 24.3 Å². The largest absolute Gasteiger partial charge is 0.389 e. The van der Waals surface area contributed by atoms with Crippen molar-refractivity contribution >= 4 is 40.0 Å². The molecule has 4 N–H and O–H groups in total. The summed E-state index contributed by atoms with van der Waals surface area (Å²) in [5, 5.41) is 29.9. The van der Waals surface area contributed by atoms with Crippen LogP contribution in [0, 0.1) is 10.1 Å². The lowest BCUT2D eigenvalue weighted by Gasteiger charge is -2.18. The Balaban J connectivity index is 3.02. The second-order valence-corrected chi connectivity index (χ2v) is 5.40. The van der Waals surface area contributed by atoms with Crippen LogP contribution in [0.4, 0.5) is 11.5 Å². The van der Waals surface area contributed by atoms with E-state index in [9.17, 15) is 25.1 Å². The molecule has 8 nitrogen and oxygen atoms in total. The number of hydrogen-bond acceptors (Lipinski definition) is 8. The quantitative estimate of drug-likeness (QED) is 0.413. The van der Waals surface area contributed by atoms with Crippen LogP contribution in [-0.4, -0.2) is 37.1 Å². The summed E-state index contributed by atoms with van der Waals surface area (Å²) in [4.78, 5) is 24.3. The van der Waals surface area contributed by atoms with Crippen molar-refractivity contribution in [3.8, 4) is 0 Å². The number of aliphatic hydroxyl groups excluding tert-OH is 2.